The van der Waals surface area contributed by atoms with E-state index in [0.717, 1.165) is 30.2 Å². The van der Waals surface area contributed by atoms with Crippen LogP contribution in [0.25, 0.3) is 10.9 Å². The summed E-state index contributed by atoms with van der Waals surface area (Å²) in [5.74, 6) is 2.62. The number of hydrogen-bond donors (Lipinski definition) is 3. The Morgan fingerprint density at radius 3 is 2.50 bits per heavy atom. The molecule has 1 aromatic carbocycles. The molecular weight excluding hydrogens is 378 g/mol. The van der Waals surface area contributed by atoms with Crippen molar-refractivity contribution in [1.29, 1.82) is 0 Å². The quantitative estimate of drug-likeness (QED) is 0.480. The second-order valence-corrected chi connectivity index (χ2v) is 9.67. The van der Waals surface area contributed by atoms with Gasteiger partial charge in [0.25, 0.3) is 11.8 Å². The van der Waals surface area contributed by atoms with Gasteiger partial charge in [0.2, 0.25) is 0 Å². The van der Waals surface area contributed by atoms with E-state index >= 15 is 0 Å². The van der Waals surface area contributed by atoms with Gasteiger partial charge in [-0.15, -0.1) is 0 Å². The lowest BCUT2D eigenvalue weighted by atomic mass is 9.54. The maximum atomic E-state index is 13.1. The Balaban J connectivity index is 1.34. The SMILES string of the molecule is CCCCC(=O)N(O)c1c[nH]c2ccc(C(=O)NC3C4CC5CC(C4)CC3C5)cc12. The minimum absolute atomic E-state index is 0.0525. The second kappa shape index (κ2) is 7.73. The highest BCUT2D eigenvalue weighted by molar-refractivity contribution is 6.05. The number of hydroxylamine groups is 1. The average molecular weight is 410 g/mol. The molecule has 2 aromatic rings. The maximum absolute atomic E-state index is 13.1. The Bertz CT molecular complexity index is 938. The number of rotatable bonds is 6. The van der Waals surface area contributed by atoms with Crippen molar-refractivity contribution in [2.75, 3.05) is 5.06 Å². The van der Waals surface area contributed by atoms with Crippen LogP contribution in [-0.2, 0) is 4.79 Å². The Morgan fingerprint density at radius 1 is 1.13 bits per heavy atom. The smallest absolute Gasteiger partial charge is 0.251 e. The molecule has 4 saturated carbocycles. The number of anilines is 1. The third-order valence-corrected chi connectivity index (χ3v) is 7.66. The number of carbonyl (C=O) groups excluding carboxylic acids is 2. The molecule has 6 rings (SSSR count). The molecule has 4 aliphatic rings. The van der Waals surface area contributed by atoms with Gasteiger partial charge in [-0.25, -0.2) is 0 Å². The predicted molar refractivity (Wildman–Crippen MR) is 115 cm³/mol. The van der Waals surface area contributed by atoms with E-state index in [4.69, 9.17) is 0 Å². The topological polar surface area (TPSA) is 85.4 Å². The normalized spacial score (nSPS) is 29.3. The van der Waals surface area contributed by atoms with E-state index < -0.39 is 0 Å². The van der Waals surface area contributed by atoms with E-state index in [0.29, 0.717) is 40.0 Å². The minimum Gasteiger partial charge on any atom is -0.359 e. The van der Waals surface area contributed by atoms with Gasteiger partial charge in [-0.05, 0) is 80.4 Å². The van der Waals surface area contributed by atoms with Crippen LogP contribution in [0.3, 0.4) is 0 Å². The Hall–Kier alpha value is -2.34. The summed E-state index contributed by atoms with van der Waals surface area (Å²) in [7, 11) is 0. The number of hydrogen-bond acceptors (Lipinski definition) is 3. The molecule has 6 heteroatoms. The van der Waals surface area contributed by atoms with E-state index in [1.807, 2.05) is 19.1 Å². The molecule has 1 heterocycles. The molecule has 4 bridgehead atoms. The highest BCUT2D eigenvalue weighted by Crippen LogP contribution is 2.53. The maximum Gasteiger partial charge on any atom is 0.251 e. The van der Waals surface area contributed by atoms with E-state index in [-0.39, 0.29) is 17.9 Å². The number of amides is 2. The molecular formula is C24H31N3O3. The largest absolute Gasteiger partial charge is 0.359 e. The number of nitrogens with zero attached hydrogens (tertiary/aromatic N) is 1. The van der Waals surface area contributed by atoms with E-state index in [1.165, 1.54) is 32.1 Å². The lowest BCUT2D eigenvalue weighted by molar-refractivity contribution is -0.123. The zero-order chi connectivity index (χ0) is 20.8. The molecule has 4 fully saturated rings. The van der Waals surface area contributed by atoms with Gasteiger partial charge < -0.3 is 10.3 Å². The third kappa shape index (κ3) is 3.41. The number of aromatic nitrogens is 1. The highest BCUT2D eigenvalue weighted by atomic mass is 16.5. The summed E-state index contributed by atoms with van der Waals surface area (Å²) < 4.78 is 0. The molecule has 2 amide bonds. The number of unbranched alkanes of at least 4 members (excludes halogenated alkanes) is 1. The van der Waals surface area contributed by atoms with Gasteiger partial charge in [0.15, 0.2) is 0 Å². The Labute approximate surface area is 177 Å². The molecule has 3 N–H and O–H groups in total. The first-order valence-electron chi connectivity index (χ1n) is 11.5. The van der Waals surface area contributed by atoms with Crippen LogP contribution in [0.2, 0.25) is 0 Å². The molecule has 0 unspecified atom stereocenters. The van der Waals surface area contributed by atoms with Crippen molar-refractivity contribution in [2.24, 2.45) is 23.7 Å². The van der Waals surface area contributed by atoms with Crippen molar-refractivity contribution in [3.63, 3.8) is 0 Å². The molecule has 1 aromatic heterocycles. The molecule has 4 aliphatic carbocycles. The fraction of sp³-hybridized carbons (Fsp3) is 0.583. The molecule has 6 nitrogen and oxygen atoms in total. The van der Waals surface area contributed by atoms with Crippen molar-refractivity contribution < 1.29 is 14.8 Å². The first-order valence-corrected chi connectivity index (χ1v) is 11.5. The molecule has 160 valence electrons. The second-order valence-electron chi connectivity index (χ2n) is 9.67. The monoisotopic (exact) mass is 409 g/mol. The fourth-order valence-corrected chi connectivity index (χ4v) is 6.39. The van der Waals surface area contributed by atoms with Gasteiger partial charge in [-0.2, -0.15) is 5.06 Å². The van der Waals surface area contributed by atoms with Crippen LogP contribution in [0.4, 0.5) is 5.69 Å². The lowest BCUT2D eigenvalue weighted by Gasteiger charge is -2.54. The summed E-state index contributed by atoms with van der Waals surface area (Å²) in [6.45, 7) is 2.01. The number of H-pyrrole nitrogens is 1. The summed E-state index contributed by atoms with van der Waals surface area (Å²) in [5, 5.41) is 15.1. The van der Waals surface area contributed by atoms with Gasteiger partial charge in [-0.3, -0.25) is 14.8 Å². The lowest BCUT2D eigenvalue weighted by Crippen LogP contribution is -2.55. The number of fused-ring (bicyclic) bond motifs is 1. The molecule has 0 radical (unpaired) electrons. The molecule has 0 saturated heterocycles. The van der Waals surface area contributed by atoms with Crippen LogP contribution >= 0.6 is 0 Å². The van der Waals surface area contributed by atoms with Gasteiger partial charge in [-0.1, -0.05) is 13.3 Å². The fourth-order valence-electron chi connectivity index (χ4n) is 6.39. The third-order valence-electron chi connectivity index (χ3n) is 7.66. The van der Waals surface area contributed by atoms with Crippen molar-refractivity contribution in [3.05, 3.63) is 30.0 Å². The van der Waals surface area contributed by atoms with Gasteiger partial charge in [0.1, 0.15) is 0 Å². The van der Waals surface area contributed by atoms with Crippen LogP contribution in [0, 0.1) is 23.7 Å². The molecule has 0 aliphatic heterocycles. The van der Waals surface area contributed by atoms with E-state index in [1.54, 1.807) is 12.3 Å². The van der Waals surface area contributed by atoms with Crippen LogP contribution in [0.1, 0.15) is 68.6 Å². The molecule has 0 atom stereocenters. The van der Waals surface area contributed by atoms with E-state index in [2.05, 4.69) is 10.3 Å². The number of carbonyl (C=O) groups is 2. The van der Waals surface area contributed by atoms with Crippen molar-refractivity contribution in [3.8, 4) is 0 Å². The summed E-state index contributed by atoms with van der Waals surface area (Å²) >= 11 is 0. The van der Waals surface area contributed by atoms with Crippen LogP contribution in [-0.4, -0.2) is 28.0 Å². The van der Waals surface area contributed by atoms with Crippen molar-refractivity contribution in [2.45, 2.75) is 64.3 Å². The number of nitrogens with one attached hydrogen (secondary N) is 2. The first-order chi connectivity index (χ1) is 14.5. The van der Waals surface area contributed by atoms with Crippen molar-refractivity contribution >= 4 is 28.4 Å². The Morgan fingerprint density at radius 2 is 1.83 bits per heavy atom. The first kappa shape index (κ1) is 19.6. The Kier molecular flexibility index (Phi) is 5.05. The van der Waals surface area contributed by atoms with Crippen molar-refractivity contribution in [1.82, 2.24) is 10.3 Å². The molecule has 30 heavy (non-hydrogen) atoms. The predicted octanol–water partition coefficient (Wildman–Crippen LogP) is 4.63. The number of aromatic amines is 1. The van der Waals surface area contributed by atoms with Crippen LogP contribution in [0.15, 0.2) is 24.4 Å². The standard InChI is InChI=1S/C24H31N3O3/c1-2-3-4-22(28)27(30)21-13-25-20-6-5-16(12-19(20)21)24(29)26-23-17-8-14-7-15(10-17)11-18(23)9-14/h5-6,12-15,17-18,23,25,30H,2-4,7-11H2,1H3,(H,26,29). The zero-order valence-electron chi connectivity index (χ0n) is 17.6. The summed E-state index contributed by atoms with van der Waals surface area (Å²) in [6.07, 6.45) is 9.99. The van der Waals surface area contributed by atoms with Crippen LogP contribution < -0.4 is 10.4 Å². The van der Waals surface area contributed by atoms with Crippen LogP contribution in [0.5, 0.6) is 0 Å². The minimum atomic E-state index is -0.332. The van der Waals surface area contributed by atoms with E-state index in [9.17, 15) is 14.8 Å². The number of benzene rings is 1. The average Bonchev–Trinajstić information content (AvgIpc) is 3.16. The van der Waals surface area contributed by atoms with Gasteiger partial charge >= 0.3 is 0 Å². The highest BCUT2D eigenvalue weighted by Gasteiger charge is 2.48. The van der Waals surface area contributed by atoms with Gasteiger partial charge in [0, 0.05) is 35.1 Å². The molecule has 0 spiro atoms. The summed E-state index contributed by atoms with van der Waals surface area (Å²) in [6, 6.07) is 5.73. The van der Waals surface area contributed by atoms with Gasteiger partial charge in [0.05, 0.1) is 5.69 Å². The summed E-state index contributed by atoms with van der Waals surface area (Å²) in [5.41, 5.74) is 1.76. The zero-order valence-corrected chi connectivity index (χ0v) is 17.6. The summed E-state index contributed by atoms with van der Waals surface area (Å²) in [4.78, 5) is 28.4.